The van der Waals surface area contributed by atoms with Crippen LogP contribution in [-0.2, 0) is 4.79 Å². The molecule has 33 heavy (non-hydrogen) atoms. The molecule has 0 bridgehead atoms. The third kappa shape index (κ3) is 4.42. The van der Waals surface area contributed by atoms with Crippen LogP contribution in [0.5, 0.6) is 0 Å². The topological polar surface area (TPSA) is 99.2 Å². The molecule has 8 heteroatoms. The summed E-state index contributed by atoms with van der Waals surface area (Å²) >= 11 is 0. The molecule has 0 aliphatic rings. The number of nitrogens with zero attached hydrogens (tertiary/aromatic N) is 2. The van der Waals surface area contributed by atoms with E-state index in [4.69, 9.17) is 0 Å². The Morgan fingerprint density at radius 3 is 2.73 bits per heavy atom. The Bertz CT molecular complexity index is 1430. The highest BCUT2D eigenvalue weighted by atomic mass is 16.2. The molecule has 168 valence electrons. The van der Waals surface area contributed by atoms with Gasteiger partial charge in [0.15, 0.2) is 0 Å². The molecule has 3 N–H and O–H groups in total. The molecule has 0 atom stereocenters. The summed E-state index contributed by atoms with van der Waals surface area (Å²) in [6, 6.07) is 14.5. The Hall–Kier alpha value is -4.17. The third-order valence-corrected chi connectivity index (χ3v) is 5.50. The summed E-state index contributed by atoms with van der Waals surface area (Å²) in [5.41, 5.74) is 2.49. The van der Waals surface area contributed by atoms with E-state index in [2.05, 4.69) is 22.2 Å². The number of hydrogen-bond donors (Lipinski definition) is 3. The summed E-state index contributed by atoms with van der Waals surface area (Å²) in [5, 5.41) is 7.08. The van der Waals surface area contributed by atoms with Crippen molar-refractivity contribution in [3.63, 3.8) is 0 Å². The molecule has 0 saturated heterocycles. The van der Waals surface area contributed by atoms with Gasteiger partial charge in [-0.3, -0.25) is 14.4 Å². The van der Waals surface area contributed by atoms with Crippen molar-refractivity contribution >= 4 is 45.0 Å². The van der Waals surface area contributed by atoms with Crippen LogP contribution >= 0.6 is 0 Å². The van der Waals surface area contributed by atoms with Gasteiger partial charge < -0.3 is 25.1 Å². The van der Waals surface area contributed by atoms with E-state index < -0.39 is 5.91 Å². The molecule has 2 amide bonds. The first kappa shape index (κ1) is 22.0. The van der Waals surface area contributed by atoms with Crippen molar-refractivity contribution in [3.05, 3.63) is 83.3 Å². The number of aromatic nitrogens is 2. The lowest BCUT2D eigenvalue weighted by molar-refractivity contribution is -0.128. The maximum absolute atomic E-state index is 12.8. The van der Waals surface area contributed by atoms with Gasteiger partial charge >= 0.3 is 0 Å². The fraction of sp³-hybridized carbons (Fsp3) is 0.160. The zero-order valence-electron chi connectivity index (χ0n) is 18.5. The normalized spacial score (nSPS) is 11.0. The molecule has 0 aliphatic heterocycles. The van der Waals surface area contributed by atoms with Crippen LogP contribution in [0, 0.1) is 0 Å². The highest BCUT2D eigenvalue weighted by Crippen LogP contribution is 2.23. The SMILES string of the molecule is C=C(CN(C)C(=O)CNC)n1ccc2ccc(NC(=O)c3c[nH]c4ccccc4c3=O)cc21. The molecule has 0 unspecified atom stereocenters. The van der Waals surface area contributed by atoms with E-state index in [1.807, 2.05) is 35.0 Å². The number of para-hydroxylation sites is 1. The van der Waals surface area contributed by atoms with Gasteiger partial charge in [-0.25, -0.2) is 0 Å². The van der Waals surface area contributed by atoms with Crippen molar-refractivity contribution in [3.8, 4) is 0 Å². The number of fused-ring (bicyclic) bond motifs is 2. The van der Waals surface area contributed by atoms with Crippen LogP contribution in [0.4, 0.5) is 5.69 Å². The average molecular weight is 444 g/mol. The Morgan fingerprint density at radius 1 is 1.15 bits per heavy atom. The number of hydrogen-bond acceptors (Lipinski definition) is 4. The second-order valence-electron chi connectivity index (χ2n) is 7.84. The number of H-pyrrole nitrogens is 1. The van der Waals surface area contributed by atoms with Crippen molar-refractivity contribution in [1.29, 1.82) is 0 Å². The van der Waals surface area contributed by atoms with E-state index in [9.17, 15) is 14.4 Å². The first-order valence-electron chi connectivity index (χ1n) is 10.5. The summed E-state index contributed by atoms with van der Waals surface area (Å²) in [4.78, 5) is 42.3. The second-order valence-corrected chi connectivity index (χ2v) is 7.84. The Morgan fingerprint density at radius 2 is 1.94 bits per heavy atom. The molecule has 4 aromatic rings. The largest absolute Gasteiger partial charge is 0.360 e. The smallest absolute Gasteiger partial charge is 0.261 e. The van der Waals surface area contributed by atoms with Crippen molar-refractivity contribution in [2.75, 3.05) is 32.5 Å². The van der Waals surface area contributed by atoms with Gasteiger partial charge in [-0.15, -0.1) is 0 Å². The Balaban J connectivity index is 1.58. The molecule has 2 aromatic heterocycles. The number of carbonyl (C=O) groups excluding carboxylic acids is 2. The van der Waals surface area contributed by atoms with Gasteiger partial charge in [-0.2, -0.15) is 0 Å². The second kappa shape index (κ2) is 9.13. The summed E-state index contributed by atoms with van der Waals surface area (Å²) in [6.07, 6.45) is 3.31. The standard InChI is InChI=1S/C25H25N5O3/c1-16(15-29(3)23(31)14-26-2)30-11-10-17-8-9-18(12-22(17)30)28-25(33)20-13-27-21-7-5-4-6-19(21)24(20)32/h4-13,26H,1,14-15H2,2-3H3,(H,27,32)(H,28,33). The summed E-state index contributed by atoms with van der Waals surface area (Å²) in [7, 11) is 3.45. The van der Waals surface area contributed by atoms with Crippen molar-refractivity contribution in [2.24, 2.45) is 0 Å². The van der Waals surface area contributed by atoms with E-state index in [0.29, 0.717) is 28.8 Å². The van der Waals surface area contributed by atoms with Gasteiger partial charge in [0.25, 0.3) is 5.91 Å². The Labute approximate surface area is 190 Å². The van der Waals surface area contributed by atoms with Gasteiger partial charge in [0.1, 0.15) is 5.56 Å². The van der Waals surface area contributed by atoms with Crippen molar-refractivity contribution in [2.45, 2.75) is 0 Å². The van der Waals surface area contributed by atoms with Crippen LogP contribution < -0.4 is 16.1 Å². The number of rotatable bonds is 7. The number of amides is 2. The highest BCUT2D eigenvalue weighted by molar-refractivity contribution is 6.06. The molecule has 0 spiro atoms. The molecule has 2 heterocycles. The molecule has 4 rings (SSSR count). The van der Waals surface area contributed by atoms with Gasteiger partial charge in [0.05, 0.1) is 18.6 Å². The summed E-state index contributed by atoms with van der Waals surface area (Å²) < 4.78 is 1.89. The van der Waals surface area contributed by atoms with Crippen LogP contribution in [-0.4, -0.2) is 53.5 Å². The first-order valence-corrected chi connectivity index (χ1v) is 10.5. The van der Waals surface area contributed by atoms with Gasteiger partial charge in [-0.05, 0) is 37.4 Å². The monoisotopic (exact) mass is 443 g/mol. The number of nitrogens with one attached hydrogen (secondary N) is 3. The maximum Gasteiger partial charge on any atom is 0.261 e. The number of likely N-dealkylation sites (N-methyl/N-ethyl adjacent to an activating group) is 2. The number of anilines is 1. The third-order valence-electron chi connectivity index (χ3n) is 5.50. The van der Waals surface area contributed by atoms with E-state index in [1.165, 1.54) is 6.20 Å². The molecular weight excluding hydrogens is 418 g/mol. The first-order chi connectivity index (χ1) is 15.9. The van der Waals surface area contributed by atoms with E-state index in [1.54, 1.807) is 43.3 Å². The van der Waals surface area contributed by atoms with Crippen LogP contribution in [0.3, 0.4) is 0 Å². The van der Waals surface area contributed by atoms with Crippen molar-refractivity contribution in [1.82, 2.24) is 19.8 Å². The minimum atomic E-state index is -0.490. The maximum atomic E-state index is 12.8. The van der Waals surface area contributed by atoms with E-state index in [-0.39, 0.29) is 23.4 Å². The molecule has 0 radical (unpaired) electrons. The highest BCUT2D eigenvalue weighted by Gasteiger charge is 2.15. The fourth-order valence-electron chi connectivity index (χ4n) is 3.74. The zero-order valence-corrected chi connectivity index (χ0v) is 18.5. The predicted octanol–water partition coefficient (Wildman–Crippen LogP) is 2.88. The number of carbonyl (C=O) groups is 2. The number of pyridine rings is 1. The fourth-order valence-corrected chi connectivity index (χ4v) is 3.74. The minimum Gasteiger partial charge on any atom is -0.360 e. The molecule has 8 nitrogen and oxygen atoms in total. The van der Waals surface area contributed by atoms with Crippen LogP contribution in [0.15, 0.2) is 72.3 Å². The molecule has 0 saturated carbocycles. The van der Waals surface area contributed by atoms with Gasteiger partial charge in [0.2, 0.25) is 11.3 Å². The van der Waals surface area contributed by atoms with Crippen LogP contribution in [0.2, 0.25) is 0 Å². The lowest BCUT2D eigenvalue weighted by Crippen LogP contribution is -2.35. The number of aromatic amines is 1. The zero-order chi connectivity index (χ0) is 23.5. The predicted molar refractivity (Wildman–Crippen MR) is 131 cm³/mol. The summed E-state index contributed by atoms with van der Waals surface area (Å²) in [5.74, 6) is -0.528. The van der Waals surface area contributed by atoms with Crippen LogP contribution in [0.25, 0.3) is 27.5 Å². The molecular formula is C25H25N5O3. The summed E-state index contributed by atoms with van der Waals surface area (Å²) in [6.45, 7) is 4.73. The van der Waals surface area contributed by atoms with Crippen molar-refractivity contribution < 1.29 is 9.59 Å². The minimum absolute atomic E-state index is 0.0383. The van der Waals surface area contributed by atoms with E-state index in [0.717, 1.165) is 10.9 Å². The Kier molecular flexibility index (Phi) is 6.10. The average Bonchev–Trinajstić information content (AvgIpc) is 3.23. The van der Waals surface area contributed by atoms with Gasteiger partial charge in [0, 0.05) is 47.1 Å². The molecule has 0 aliphatic carbocycles. The van der Waals surface area contributed by atoms with Gasteiger partial charge in [-0.1, -0.05) is 24.8 Å². The van der Waals surface area contributed by atoms with Crippen LogP contribution in [0.1, 0.15) is 10.4 Å². The molecule has 0 fully saturated rings. The lowest BCUT2D eigenvalue weighted by atomic mass is 10.1. The quantitative estimate of drug-likeness (QED) is 0.409. The van der Waals surface area contributed by atoms with E-state index >= 15 is 0 Å². The lowest BCUT2D eigenvalue weighted by Gasteiger charge is -2.19. The number of benzene rings is 2. The molecule has 2 aromatic carbocycles.